The first kappa shape index (κ1) is 20.0. The van der Waals surface area contributed by atoms with E-state index in [4.69, 9.17) is 14.7 Å². The summed E-state index contributed by atoms with van der Waals surface area (Å²) in [4.78, 5) is 9.64. The Morgan fingerprint density at radius 3 is 2.35 bits per heavy atom. The molecule has 0 rings (SSSR count). The zero-order valence-corrected chi connectivity index (χ0v) is 13.8. The number of aliphatic hydroxyl groups is 2. The number of unbranched alkanes of at least 4 members (excludes halogenated alkanes) is 1. The van der Waals surface area contributed by atoms with Crippen molar-refractivity contribution >= 4 is 7.82 Å². The van der Waals surface area contributed by atoms with Crippen LogP contribution in [0.3, 0.4) is 0 Å². The summed E-state index contributed by atoms with van der Waals surface area (Å²) in [5.41, 5.74) is 0. The Kier molecular flexibility index (Phi) is 9.09. The van der Waals surface area contributed by atoms with Crippen LogP contribution < -0.4 is 0 Å². The lowest BCUT2D eigenvalue weighted by atomic mass is 10.1. The molecule has 3 N–H and O–H groups in total. The molecule has 20 heavy (non-hydrogen) atoms. The summed E-state index contributed by atoms with van der Waals surface area (Å²) in [5, 5.41) is 17.8. The maximum absolute atomic E-state index is 11.8. The first-order chi connectivity index (χ1) is 9.09. The largest absolute Gasteiger partial charge is 0.472 e. The Balaban J connectivity index is 4.48. The molecule has 0 saturated carbocycles. The molecule has 0 aromatic heterocycles. The maximum Gasteiger partial charge on any atom is 0.472 e. The van der Waals surface area contributed by atoms with Gasteiger partial charge >= 0.3 is 7.82 Å². The second kappa shape index (κ2) is 9.10. The van der Waals surface area contributed by atoms with Gasteiger partial charge in [-0.2, -0.15) is 0 Å². The highest BCUT2D eigenvalue weighted by Gasteiger charge is 2.30. The molecule has 0 aromatic rings. The summed E-state index contributed by atoms with van der Waals surface area (Å²) < 4.78 is 22.3. The van der Waals surface area contributed by atoms with Gasteiger partial charge in [0, 0.05) is 0 Å². The Hall–Kier alpha value is -0.0100. The summed E-state index contributed by atoms with van der Waals surface area (Å²) in [6.07, 6.45) is 0.951. The monoisotopic (exact) mass is 314 g/mol. The molecule has 0 aliphatic heterocycles. The number of likely N-dealkylation sites (N-methyl/N-ethyl adjacent to an activating group) is 1. The van der Waals surface area contributed by atoms with Crippen LogP contribution in [0.1, 0.15) is 26.2 Å². The molecular weight excluding hydrogens is 285 g/mol. The van der Waals surface area contributed by atoms with Crippen LogP contribution in [-0.2, 0) is 13.6 Å². The molecule has 8 heteroatoms. The number of nitrogens with zero attached hydrogens (tertiary/aromatic N) is 1. The van der Waals surface area contributed by atoms with Crippen LogP contribution in [0.5, 0.6) is 0 Å². The summed E-state index contributed by atoms with van der Waals surface area (Å²) in [7, 11) is 1.70. The smallest absolute Gasteiger partial charge is 0.394 e. The highest BCUT2D eigenvalue weighted by atomic mass is 31.2. The van der Waals surface area contributed by atoms with E-state index in [1.165, 1.54) is 0 Å². The van der Waals surface area contributed by atoms with Crippen molar-refractivity contribution in [3.8, 4) is 0 Å². The van der Waals surface area contributed by atoms with Crippen LogP contribution >= 0.6 is 7.82 Å². The standard InChI is InChI=1S/C12H28NO6P/c1-5-6-7-12(8-13(2,3)4)19-20(16,17)18-10-11(15)9-14/h11-12,14-15H,5-10H2,1-4H3/p+1/t11-,12?/m1/s1. The van der Waals surface area contributed by atoms with Crippen molar-refractivity contribution in [2.45, 2.75) is 38.4 Å². The second-order valence-electron chi connectivity index (χ2n) is 5.94. The molecule has 0 spiro atoms. The van der Waals surface area contributed by atoms with Crippen molar-refractivity contribution in [2.75, 3.05) is 40.9 Å². The van der Waals surface area contributed by atoms with Crippen molar-refractivity contribution in [3.63, 3.8) is 0 Å². The maximum atomic E-state index is 11.8. The molecule has 0 heterocycles. The average Bonchev–Trinajstić information content (AvgIpc) is 2.30. The molecule has 2 unspecified atom stereocenters. The predicted molar refractivity (Wildman–Crippen MR) is 76.2 cm³/mol. The number of aliphatic hydroxyl groups excluding tert-OH is 2. The molecule has 7 nitrogen and oxygen atoms in total. The number of phosphoric acid groups is 1. The lowest BCUT2D eigenvalue weighted by Gasteiger charge is -2.30. The van der Waals surface area contributed by atoms with E-state index in [9.17, 15) is 9.46 Å². The second-order valence-corrected chi connectivity index (χ2v) is 7.35. The number of hydrogen-bond donors (Lipinski definition) is 3. The zero-order chi connectivity index (χ0) is 15.8. The summed E-state index contributed by atoms with van der Waals surface area (Å²) in [6.45, 7) is 1.65. The lowest BCUT2D eigenvalue weighted by Crippen LogP contribution is -2.42. The molecule has 0 amide bonds. The van der Waals surface area contributed by atoms with Crippen molar-refractivity contribution in [3.05, 3.63) is 0 Å². The minimum atomic E-state index is -4.22. The minimum absolute atomic E-state index is 0.392. The van der Waals surface area contributed by atoms with Gasteiger partial charge in [-0.1, -0.05) is 19.8 Å². The predicted octanol–water partition coefficient (Wildman–Crippen LogP) is 0.738. The first-order valence-corrected chi connectivity index (χ1v) is 8.34. The molecule has 122 valence electrons. The number of quaternary nitrogens is 1. The molecule has 3 atom stereocenters. The van der Waals surface area contributed by atoms with Crippen LogP contribution in [0.4, 0.5) is 0 Å². The van der Waals surface area contributed by atoms with Crippen LogP contribution in [-0.4, -0.2) is 72.7 Å². The summed E-state index contributed by atoms with van der Waals surface area (Å²) in [6, 6.07) is 0. The topological polar surface area (TPSA) is 96.2 Å². The fraction of sp³-hybridized carbons (Fsp3) is 1.00. The van der Waals surface area contributed by atoms with Gasteiger partial charge in [-0.15, -0.1) is 0 Å². The van der Waals surface area contributed by atoms with E-state index in [1.807, 2.05) is 28.1 Å². The van der Waals surface area contributed by atoms with Crippen molar-refractivity contribution in [1.29, 1.82) is 0 Å². The van der Waals surface area contributed by atoms with E-state index < -0.39 is 33.2 Å². The fourth-order valence-corrected chi connectivity index (χ4v) is 2.64. The third-order valence-electron chi connectivity index (χ3n) is 2.55. The van der Waals surface area contributed by atoms with E-state index in [0.717, 1.165) is 12.8 Å². The van der Waals surface area contributed by atoms with E-state index in [-0.39, 0.29) is 0 Å². The van der Waals surface area contributed by atoms with Crippen LogP contribution in [0.2, 0.25) is 0 Å². The number of hydrogen-bond acceptors (Lipinski definition) is 5. The van der Waals surface area contributed by atoms with Gasteiger partial charge in [0.15, 0.2) is 0 Å². The molecule has 0 aromatic carbocycles. The molecular formula is C12H29NO6P+. The fourth-order valence-electron chi connectivity index (χ4n) is 1.67. The van der Waals surface area contributed by atoms with Gasteiger partial charge in [-0.25, -0.2) is 4.57 Å². The minimum Gasteiger partial charge on any atom is -0.394 e. The number of rotatable bonds is 11. The van der Waals surface area contributed by atoms with E-state index >= 15 is 0 Å². The summed E-state index contributed by atoms with van der Waals surface area (Å²) >= 11 is 0. The van der Waals surface area contributed by atoms with E-state index in [0.29, 0.717) is 17.4 Å². The van der Waals surface area contributed by atoms with Gasteiger partial charge in [-0.3, -0.25) is 9.05 Å². The normalized spacial score (nSPS) is 18.6. The summed E-state index contributed by atoms with van der Waals surface area (Å²) in [5.74, 6) is 0. The highest BCUT2D eigenvalue weighted by molar-refractivity contribution is 7.47. The Labute approximate surface area is 121 Å². The molecule has 0 aliphatic carbocycles. The van der Waals surface area contributed by atoms with Crippen LogP contribution in [0, 0.1) is 0 Å². The SMILES string of the molecule is CCCCC(C[N+](C)(C)C)OP(=O)(O)OC[C@H](O)CO. The average molecular weight is 314 g/mol. The molecule has 0 aliphatic rings. The third-order valence-corrected chi connectivity index (χ3v) is 3.59. The van der Waals surface area contributed by atoms with Gasteiger partial charge in [0.1, 0.15) is 18.8 Å². The van der Waals surface area contributed by atoms with Crippen LogP contribution in [0.15, 0.2) is 0 Å². The van der Waals surface area contributed by atoms with Gasteiger partial charge in [0.25, 0.3) is 0 Å². The van der Waals surface area contributed by atoms with E-state index in [2.05, 4.69) is 4.52 Å². The van der Waals surface area contributed by atoms with Crippen molar-refractivity contribution in [1.82, 2.24) is 0 Å². The molecule has 0 radical (unpaired) electrons. The van der Waals surface area contributed by atoms with Crippen molar-refractivity contribution < 1.29 is 33.2 Å². The zero-order valence-electron chi connectivity index (χ0n) is 12.9. The first-order valence-electron chi connectivity index (χ1n) is 6.84. The Morgan fingerprint density at radius 1 is 1.30 bits per heavy atom. The Bertz CT molecular complexity index is 307. The highest BCUT2D eigenvalue weighted by Crippen LogP contribution is 2.45. The van der Waals surface area contributed by atoms with Gasteiger partial charge in [-0.05, 0) is 6.42 Å². The number of phosphoric ester groups is 1. The molecule has 0 bridgehead atoms. The van der Waals surface area contributed by atoms with Gasteiger partial charge in [0.2, 0.25) is 0 Å². The van der Waals surface area contributed by atoms with Gasteiger partial charge in [0.05, 0.1) is 34.4 Å². The third kappa shape index (κ3) is 10.7. The van der Waals surface area contributed by atoms with Crippen LogP contribution in [0.25, 0.3) is 0 Å². The molecule has 0 saturated heterocycles. The molecule has 0 fully saturated rings. The lowest BCUT2D eigenvalue weighted by molar-refractivity contribution is -0.873. The van der Waals surface area contributed by atoms with Crippen molar-refractivity contribution in [2.24, 2.45) is 0 Å². The quantitative estimate of drug-likeness (QED) is 0.384. The van der Waals surface area contributed by atoms with Gasteiger partial charge < -0.3 is 19.6 Å². The van der Waals surface area contributed by atoms with E-state index in [1.54, 1.807) is 0 Å². The Morgan fingerprint density at radius 2 is 1.90 bits per heavy atom.